The van der Waals surface area contributed by atoms with E-state index in [1.165, 1.54) is 31.2 Å². The van der Waals surface area contributed by atoms with Gasteiger partial charge in [-0.15, -0.1) is 0 Å². The molecule has 6 nitrogen and oxygen atoms in total. The minimum Gasteiger partial charge on any atom is -0.399 e. The van der Waals surface area contributed by atoms with Gasteiger partial charge in [0.15, 0.2) is 0 Å². The molecule has 7 heteroatoms. The van der Waals surface area contributed by atoms with Crippen LogP contribution in [0.25, 0.3) is 10.9 Å². The zero-order valence-electron chi connectivity index (χ0n) is 23.8. The van der Waals surface area contributed by atoms with Crippen LogP contribution >= 0.6 is 0 Å². The van der Waals surface area contributed by atoms with Crippen molar-refractivity contribution >= 4 is 29.4 Å². The fourth-order valence-electron chi connectivity index (χ4n) is 6.37. The van der Waals surface area contributed by atoms with Crippen molar-refractivity contribution in [3.05, 3.63) is 65.9 Å². The third-order valence-electron chi connectivity index (χ3n) is 9.53. The van der Waals surface area contributed by atoms with Gasteiger partial charge in [-0.25, -0.2) is 0 Å². The molecule has 206 valence electrons. The molecule has 1 aliphatic carbocycles. The molecule has 2 saturated heterocycles. The van der Waals surface area contributed by atoms with Gasteiger partial charge in [0.1, 0.15) is 0 Å². The lowest BCUT2D eigenvalue weighted by Gasteiger charge is -2.32. The number of amides is 1. The number of benzene rings is 2. The molecule has 0 radical (unpaired) electrons. The van der Waals surface area contributed by atoms with Gasteiger partial charge in [-0.2, -0.15) is 0 Å². The van der Waals surface area contributed by atoms with Gasteiger partial charge in [-0.3, -0.25) is 4.79 Å². The summed E-state index contributed by atoms with van der Waals surface area (Å²) in [6.07, 6.45) is 6.92. The number of fused-ring (bicyclic) bond motifs is 1. The number of morpholine rings is 1. The number of aromatic nitrogens is 1. The van der Waals surface area contributed by atoms with Crippen molar-refractivity contribution in [1.29, 1.82) is 0 Å². The summed E-state index contributed by atoms with van der Waals surface area (Å²) >= 11 is 0. The molecule has 3 fully saturated rings. The maximum Gasteiger partial charge on any atom is 0.494 e. The fraction of sp³-hybridized carbons (Fsp3) is 0.531. The van der Waals surface area contributed by atoms with Crippen molar-refractivity contribution < 1.29 is 18.8 Å². The molecule has 6 rings (SSSR count). The van der Waals surface area contributed by atoms with Crippen molar-refractivity contribution in [3.8, 4) is 0 Å². The molecule has 1 amide bonds. The summed E-state index contributed by atoms with van der Waals surface area (Å²) in [6.45, 7) is 11.7. The molecular formula is C32H41BN2O4. The van der Waals surface area contributed by atoms with Crippen molar-refractivity contribution in [3.63, 3.8) is 0 Å². The van der Waals surface area contributed by atoms with Gasteiger partial charge >= 0.3 is 7.12 Å². The van der Waals surface area contributed by atoms with Crippen molar-refractivity contribution in [2.45, 2.75) is 77.0 Å². The first-order valence-electron chi connectivity index (χ1n) is 14.6. The van der Waals surface area contributed by atoms with Crippen LogP contribution in [0, 0.1) is 5.92 Å². The largest absolute Gasteiger partial charge is 0.494 e. The van der Waals surface area contributed by atoms with E-state index in [-0.39, 0.29) is 5.91 Å². The van der Waals surface area contributed by atoms with Crippen LogP contribution in [0.3, 0.4) is 0 Å². The van der Waals surface area contributed by atoms with E-state index in [2.05, 4.69) is 87.0 Å². The van der Waals surface area contributed by atoms with Gasteiger partial charge < -0.3 is 23.5 Å². The SMILES string of the molecule is CC1(C)OB(c2ccc3c(C(=O)N4CCOCC4)cn(CC4CCC(c5ccccc5)CC4)c3c2)OC1(C)C. The van der Waals surface area contributed by atoms with E-state index in [0.717, 1.165) is 28.5 Å². The molecule has 2 aliphatic heterocycles. The molecule has 0 spiro atoms. The number of hydrogen-bond acceptors (Lipinski definition) is 4. The second-order valence-electron chi connectivity index (χ2n) is 12.6. The van der Waals surface area contributed by atoms with Crippen LogP contribution in [0.15, 0.2) is 54.7 Å². The Morgan fingerprint density at radius 1 is 0.923 bits per heavy atom. The summed E-state index contributed by atoms with van der Waals surface area (Å²) in [5, 5.41) is 1.00. The zero-order chi connectivity index (χ0) is 27.2. The molecule has 2 aromatic carbocycles. The molecule has 3 aromatic rings. The highest BCUT2D eigenvalue weighted by Gasteiger charge is 2.51. The Kier molecular flexibility index (Phi) is 7.11. The van der Waals surface area contributed by atoms with E-state index in [1.807, 2.05) is 4.90 Å². The molecular weight excluding hydrogens is 487 g/mol. The third kappa shape index (κ3) is 5.17. The quantitative estimate of drug-likeness (QED) is 0.417. The molecule has 3 aliphatic rings. The Balaban J connectivity index is 1.28. The second-order valence-corrected chi connectivity index (χ2v) is 12.6. The smallest absolute Gasteiger partial charge is 0.399 e. The highest BCUT2D eigenvalue weighted by atomic mass is 16.7. The monoisotopic (exact) mass is 528 g/mol. The first-order valence-corrected chi connectivity index (χ1v) is 14.6. The lowest BCUT2D eigenvalue weighted by atomic mass is 9.78. The minimum absolute atomic E-state index is 0.0956. The van der Waals surface area contributed by atoms with E-state index in [4.69, 9.17) is 14.0 Å². The van der Waals surface area contributed by atoms with Gasteiger partial charge in [0.2, 0.25) is 0 Å². The van der Waals surface area contributed by atoms with Gasteiger partial charge in [0, 0.05) is 36.7 Å². The number of carbonyl (C=O) groups is 1. The lowest BCUT2D eigenvalue weighted by molar-refractivity contribution is 0.00578. The van der Waals surface area contributed by atoms with Crippen molar-refractivity contribution in [1.82, 2.24) is 9.47 Å². The molecule has 39 heavy (non-hydrogen) atoms. The Labute approximate surface area is 232 Å². The summed E-state index contributed by atoms with van der Waals surface area (Å²) in [5.41, 5.74) is 3.54. The van der Waals surface area contributed by atoms with Crippen LogP contribution < -0.4 is 5.46 Å². The molecule has 0 atom stereocenters. The average Bonchev–Trinajstić information content (AvgIpc) is 3.41. The maximum atomic E-state index is 13.6. The van der Waals surface area contributed by atoms with Crippen molar-refractivity contribution in [2.75, 3.05) is 26.3 Å². The van der Waals surface area contributed by atoms with Crippen LogP contribution in [0.4, 0.5) is 0 Å². The average molecular weight is 529 g/mol. The Morgan fingerprint density at radius 2 is 1.59 bits per heavy atom. The van der Waals surface area contributed by atoms with Crippen LogP contribution in [-0.4, -0.2) is 60.0 Å². The number of hydrogen-bond donors (Lipinski definition) is 0. The van der Waals surface area contributed by atoms with Gasteiger partial charge in [-0.1, -0.05) is 42.5 Å². The Morgan fingerprint density at radius 3 is 2.26 bits per heavy atom. The van der Waals surface area contributed by atoms with E-state index < -0.39 is 18.3 Å². The first kappa shape index (κ1) is 26.6. The third-order valence-corrected chi connectivity index (χ3v) is 9.53. The normalized spacial score (nSPS) is 24.8. The van der Waals surface area contributed by atoms with Crippen LogP contribution in [0.1, 0.15) is 75.2 Å². The molecule has 1 aromatic heterocycles. The molecule has 0 N–H and O–H groups in total. The molecule has 3 heterocycles. The maximum absolute atomic E-state index is 13.6. The lowest BCUT2D eigenvalue weighted by Crippen LogP contribution is -2.41. The fourth-order valence-corrected chi connectivity index (χ4v) is 6.37. The summed E-state index contributed by atoms with van der Waals surface area (Å²) in [4.78, 5) is 15.6. The van der Waals surface area contributed by atoms with E-state index in [0.29, 0.717) is 38.1 Å². The standard InChI is InChI=1S/C32H41BN2O4/c1-31(2)32(3,4)39-33(38-31)26-14-15-27-28(30(36)34-16-18-37-19-17-34)22-35(29(27)20-26)21-23-10-12-25(13-11-23)24-8-6-5-7-9-24/h5-9,14-15,20,22-23,25H,10-13,16-19,21H2,1-4H3. The van der Waals surface area contributed by atoms with Crippen molar-refractivity contribution in [2.24, 2.45) is 5.92 Å². The number of ether oxygens (including phenoxy) is 1. The zero-order valence-corrected chi connectivity index (χ0v) is 23.8. The summed E-state index contributed by atoms with van der Waals surface area (Å²) in [5.74, 6) is 1.34. The number of rotatable bonds is 5. The van der Waals surface area contributed by atoms with Crippen LogP contribution in [-0.2, 0) is 20.6 Å². The topological polar surface area (TPSA) is 52.9 Å². The Hall–Kier alpha value is -2.61. The van der Waals surface area contributed by atoms with E-state index in [1.54, 1.807) is 0 Å². The van der Waals surface area contributed by atoms with E-state index >= 15 is 0 Å². The van der Waals surface area contributed by atoms with Gasteiger partial charge in [-0.05, 0) is 82.3 Å². The predicted molar refractivity (Wildman–Crippen MR) is 156 cm³/mol. The van der Waals surface area contributed by atoms with Crippen LogP contribution in [0.2, 0.25) is 0 Å². The van der Waals surface area contributed by atoms with Crippen LogP contribution in [0.5, 0.6) is 0 Å². The van der Waals surface area contributed by atoms with Gasteiger partial charge in [0.25, 0.3) is 5.91 Å². The highest BCUT2D eigenvalue weighted by Crippen LogP contribution is 2.38. The predicted octanol–water partition coefficient (Wildman–Crippen LogP) is 5.39. The summed E-state index contributed by atoms with van der Waals surface area (Å²) in [7, 11) is -0.428. The molecule has 0 bridgehead atoms. The number of nitrogens with zero attached hydrogens (tertiary/aromatic N) is 2. The summed E-state index contributed by atoms with van der Waals surface area (Å²) in [6, 6.07) is 17.3. The minimum atomic E-state index is -0.428. The second kappa shape index (κ2) is 10.4. The molecule has 0 unspecified atom stereocenters. The highest BCUT2D eigenvalue weighted by molar-refractivity contribution is 6.62. The molecule has 1 saturated carbocycles. The van der Waals surface area contributed by atoms with E-state index in [9.17, 15) is 4.79 Å². The Bertz CT molecular complexity index is 1300. The number of carbonyl (C=O) groups excluding carboxylic acids is 1. The summed E-state index contributed by atoms with van der Waals surface area (Å²) < 4.78 is 20.6. The van der Waals surface area contributed by atoms with Gasteiger partial charge in [0.05, 0.1) is 30.0 Å². The first-order chi connectivity index (χ1) is 18.7.